The Hall–Kier alpha value is -0.580. The third-order valence-electron chi connectivity index (χ3n) is 2.72. The highest BCUT2D eigenvalue weighted by molar-refractivity contribution is 7.92. The van der Waals surface area contributed by atoms with Gasteiger partial charge in [0, 0.05) is 12.6 Å². The van der Waals surface area contributed by atoms with Crippen molar-refractivity contribution in [2.24, 2.45) is 0 Å². The second-order valence-corrected chi connectivity index (χ2v) is 5.79. The first-order valence-corrected chi connectivity index (χ1v) is 6.12. The van der Waals surface area contributed by atoms with Gasteiger partial charge in [0.25, 0.3) is 0 Å². The Morgan fingerprint density at radius 1 is 1.46 bits per heavy atom. The molecule has 1 aliphatic heterocycles. The van der Waals surface area contributed by atoms with Gasteiger partial charge < -0.3 is 4.90 Å². The highest BCUT2D eigenvalue weighted by Gasteiger charge is 2.39. The summed E-state index contributed by atoms with van der Waals surface area (Å²) in [5.41, 5.74) is 0. The van der Waals surface area contributed by atoms with Gasteiger partial charge in [-0.3, -0.25) is 4.79 Å². The van der Waals surface area contributed by atoms with Crippen molar-refractivity contribution in [1.29, 1.82) is 0 Å². The van der Waals surface area contributed by atoms with Crippen molar-refractivity contribution in [3.05, 3.63) is 0 Å². The van der Waals surface area contributed by atoms with Crippen LogP contribution in [0.4, 0.5) is 0 Å². The van der Waals surface area contributed by atoms with Gasteiger partial charge in [0.15, 0.2) is 9.84 Å². The molecule has 0 bridgehead atoms. The minimum absolute atomic E-state index is 0.198. The van der Waals surface area contributed by atoms with E-state index in [9.17, 15) is 13.2 Å². The zero-order chi connectivity index (χ0) is 10.2. The number of amides is 1. The molecule has 0 aromatic carbocycles. The van der Waals surface area contributed by atoms with Gasteiger partial charge in [-0.15, -0.1) is 0 Å². The topological polar surface area (TPSA) is 54.5 Å². The van der Waals surface area contributed by atoms with Gasteiger partial charge in [-0.2, -0.15) is 0 Å². The second-order valence-electron chi connectivity index (χ2n) is 3.43. The van der Waals surface area contributed by atoms with Crippen LogP contribution in [0.1, 0.15) is 20.8 Å². The summed E-state index contributed by atoms with van der Waals surface area (Å²) in [7, 11) is -3.19. The minimum atomic E-state index is -3.19. The monoisotopic (exact) mass is 205 g/mol. The van der Waals surface area contributed by atoms with Crippen LogP contribution in [-0.4, -0.2) is 42.8 Å². The number of rotatable bonds is 1. The highest BCUT2D eigenvalue weighted by atomic mass is 32.2. The largest absolute Gasteiger partial charge is 0.338 e. The average molecular weight is 205 g/mol. The maximum atomic E-state index is 11.4. The van der Waals surface area contributed by atoms with E-state index >= 15 is 0 Å². The van der Waals surface area contributed by atoms with Crippen LogP contribution in [0.2, 0.25) is 0 Å². The smallest absolute Gasteiger partial charge is 0.238 e. The Morgan fingerprint density at radius 3 is 2.46 bits per heavy atom. The average Bonchev–Trinajstić information content (AvgIpc) is 2.01. The predicted octanol–water partition coefficient (Wildman–Crippen LogP) is 0.0403. The number of carbonyl (C=O) groups is 1. The fourth-order valence-electron chi connectivity index (χ4n) is 1.63. The van der Waals surface area contributed by atoms with E-state index in [2.05, 4.69) is 0 Å². The Labute approximate surface area is 78.8 Å². The summed E-state index contributed by atoms with van der Waals surface area (Å²) in [6.45, 7) is 5.89. The van der Waals surface area contributed by atoms with Crippen LogP contribution in [0.5, 0.6) is 0 Å². The van der Waals surface area contributed by atoms with Gasteiger partial charge >= 0.3 is 0 Å². The molecule has 4 nitrogen and oxygen atoms in total. The van der Waals surface area contributed by atoms with Gasteiger partial charge in [0.2, 0.25) is 5.91 Å². The lowest BCUT2D eigenvalue weighted by molar-refractivity contribution is -0.130. The molecule has 5 heteroatoms. The Balaban J connectivity index is 2.99. The molecule has 0 aliphatic carbocycles. The third kappa shape index (κ3) is 1.70. The summed E-state index contributed by atoms with van der Waals surface area (Å²) in [5, 5.41) is -0.440. The molecule has 1 aliphatic rings. The molecule has 1 fully saturated rings. The van der Waals surface area contributed by atoms with Crippen molar-refractivity contribution >= 4 is 15.7 Å². The Bertz CT molecular complexity index is 309. The molecule has 76 valence electrons. The second kappa shape index (κ2) is 3.29. The molecule has 1 saturated heterocycles. The first-order chi connectivity index (χ1) is 5.90. The Kier molecular flexibility index (Phi) is 2.66. The Morgan fingerprint density at radius 2 is 2.00 bits per heavy atom. The minimum Gasteiger partial charge on any atom is -0.338 e. The normalized spacial score (nSPS) is 33.5. The molecule has 1 rings (SSSR count). The molecule has 1 heterocycles. The van der Waals surface area contributed by atoms with Crippen LogP contribution in [-0.2, 0) is 14.6 Å². The maximum Gasteiger partial charge on any atom is 0.238 e. The standard InChI is InChI=1S/C8H15NO3S/c1-4-9-6(2)7(3)13(11,12)5-8(9)10/h6-7H,4-5H2,1-3H3/t6-,7?/m1/s1. The van der Waals surface area contributed by atoms with E-state index in [1.807, 2.05) is 6.92 Å². The van der Waals surface area contributed by atoms with Gasteiger partial charge in [-0.1, -0.05) is 0 Å². The van der Waals surface area contributed by atoms with Crippen molar-refractivity contribution in [3.8, 4) is 0 Å². The van der Waals surface area contributed by atoms with E-state index in [4.69, 9.17) is 0 Å². The van der Waals surface area contributed by atoms with E-state index in [1.54, 1.807) is 18.7 Å². The molecular formula is C8H15NO3S. The maximum absolute atomic E-state index is 11.4. The molecule has 0 aromatic rings. The van der Waals surface area contributed by atoms with E-state index in [0.717, 1.165) is 0 Å². The van der Waals surface area contributed by atoms with Crippen molar-refractivity contribution in [3.63, 3.8) is 0 Å². The van der Waals surface area contributed by atoms with Crippen LogP contribution in [0, 0.1) is 0 Å². The van der Waals surface area contributed by atoms with Crippen molar-refractivity contribution < 1.29 is 13.2 Å². The van der Waals surface area contributed by atoms with Gasteiger partial charge in [0.05, 0.1) is 5.25 Å². The fourth-order valence-corrected chi connectivity index (χ4v) is 3.15. The summed E-state index contributed by atoms with van der Waals surface area (Å²) in [5.74, 6) is -0.597. The molecule has 0 spiro atoms. The van der Waals surface area contributed by atoms with Gasteiger partial charge in [0.1, 0.15) is 5.75 Å². The van der Waals surface area contributed by atoms with Crippen LogP contribution >= 0.6 is 0 Å². The lowest BCUT2D eigenvalue weighted by atomic mass is 10.2. The number of nitrogens with zero attached hydrogens (tertiary/aromatic N) is 1. The molecule has 0 radical (unpaired) electrons. The van der Waals surface area contributed by atoms with Crippen LogP contribution in [0.3, 0.4) is 0 Å². The molecule has 1 amide bonds. The first kappa shape index (κ1) is 10.5. The molecule has 1 unspecified atom stereocenters. The zero-order valence-corrected chi connectivity index (χ0v) is 8.97. The molecular weight excluding hydrogens is 190 g/mol. The molecule has 0 saturated carbocycles. The van der Waals surface area contributed by atoms with Crippen molar-refractivity contribution in [1.82, 2.24) is 4.90 Å². The van der Waals surface area contributed by atoms with Crippen molar-refractivity contribution in [2.45, 2.75) is 32.1 Å². The van der Waals surface area contributed by atoms with E-state index in [0.29, 0.717) is 6.54 Å². The molecule has 13 heavy (non-hydrogen) atoms. The first-order valence-electron chi connectivity index (χ1n) is 4.41. The third-order valence-corrected chi connectivity index (χ3v) is 4.90. The quantitative estimate of drug-likeness (QED) is 0.607. The summed E-state index contributed by atoms with van der Waals surface area (Å²) in [6.07, 6.45) is 0. The van der Waals surface area contributed by atoms with Gasteiger partial charge in [-0.25, -0.2) is 8.42 Å². The number of hydrogen-bond acceptors (Lipinski definition) is 3. The van der Waals surface area contributed by atoms with E-state index in [-0.39, 0.29) is 17.7 Å². The summed E-state index contributed by atoms with van der Waals surface area (Å²) >= 11 is 0. The van der Waals surface area contributed by atoms with Crippen LogP contribution < -0.4 is 0 Å². The summed E-state index contributed by atoms with van der Waals surface area (Å²) < 4.78 is 22.8. The molecule has 0 N–H and O–H groups in total. The fraction of sp³-hybridized carbons (Fsp3) is 0.875. The van der Waals surface area contributed by atoms with Crippen LogP contribution in [0.15, 0.2) is 0 Å². The van der Waals surface area contributed by atoms with E-state index < -0.39 is 15.1 Å². The lowest BCUT2D eigenvalue weighted by Gasteiger charge is -2.36. The predicted molar refractivity (Wildman–Crippen MR) is 50.1 cm³/mol. The summed E-state index contributed by atoms with van der Waals surface area (Å²) in [6, 6.07) is -0.198. The molecule has 0 aromatic heterocycles. The number of sulfone groups is 1. The van der Waals surface area contributed by atoms with Crippen LogP contribution in [0.25, 0.3) is 0 Å². The highest BCUT2D eigenvalue weighted by Crippen LogP contribution is 2.19. The zero-order valence-electron chi connectivity index (χ0n) is 8.15. The summed E-state index contributed by atoms with van der Waals surface area (Å²) in [4.78, 5) is 13.0. The number of hydrogen-bond donors (Lipinski definition) is 0. The number of carbonyl (C=O) groups excluding carboxylic acids is 1. The van der Waals surface area contributed by atoms with E-state index in [1.165, 1.54) is 0 Å². The lowest BCUT2D eigenvalue weighted by Crippen LogP contribution is -2.55. The van der Waals surface area contributed by atoms with Crippen molar-refractivity contribution in [2.75, 3.05) is 12.3 Å². The molecule has 2 atom stereocenters. The SMILES string of the molecule is CCN1C(=O)CS(=O)(=O)C(C)[C@H]1C. The van der Waals surface area contributed by atoms with Gasteiger partial charge in [-0.05, 0) is 20.8 Å².